The van der Waals surface area contributed by atoms with E-state index in [2.05, 4.69) is 49.9 Å². The van der Waals surface area contributed by atoms with E-state index >= 15 is 0 Å². The molecular weight excluding hydrogens is 280 g/mol. The van der Waals surface area contributed by atoms with E-state index in [-0.39, 0.29) is 0 Å². The molecule has 0 aliphatic carbocycles. The lowest BCUT2D eigenvalue weighted by Gasteiger charge is -2.39. The predicted molar refractivity (Wildman–Crippen MR) is 92.3 cm³/mol. The molecule has 5 heteroatoms. The average Bonchev–Trinajstić information content (AvgIpc) is 2.80. The second-order valence-electron chi connectivity index (χ2n) is 6.52. The first-order valence-corrected chi connectivity index (χ1v) is 8.95. The minimum absolute atomic E-state index is 0.658. The van der Waals surface area contributed by atoms with Crippen molar-refractivity contribution in [3.8, 4) is 0 Å². The molecule has 1 aliphatic rings. The number of nitrogens with one attached hydrogen (secondary N) is 1. The lowest BCUT2D eigenvalue weighted by atomic mass is 10.1. The summed E-state index contributed by atoms with van der Waals surface area (Å²) in [5.74, 6) is 0.695. The van der Waals surface area contributed by atoms with Gasteiger partial charge in [0.25, 0.3) is 0 Å². The smallest absolute Gasteiger partial charge is 0.185 e. The maximum absolute atomic E-state index is 4.81. The van der Waals surface area contributed by atoms with Crippen molar-refractivity contribution in [2.75, 3.05) is 38.1 Å². The minimum Gasteiger partial charge on any atom is -0.345 e. The van der Waals surface area contributed by atoms with Crippen molar-refractivity contribution < 1.29 is 0 Å². The fraction of sp³-hybridized carbons (Fsp3) is 0.812. The summed E-state index contributed by atoms with van der Waals surface area (Å²) in [7, 11) is 2.24. The lowest BCUT2D eigenvalue weighted by molar-refractivity contribution is 0.213. The molecule has 1 unspecified atom stereocenters. The molecule has 4 nitrogen and oxygen atoms in total. The zero-order chi connectivity index (χ0) is 15.4. The van der Waals surface area contributed by atoms with E-state index in [1.165, 1.54) is 22.1 Å². The highest BCUT2D eigenvalue weighted by molar-refractivity contribution is 7.15. The van der Waals surface area contributed by atoms with E-state index < -0.39 is 0 Å². The number of anilines is 1. The third-order valence-corrected chi connectivity index (χ3v) is 5.46. The number of rotatable bonds is 6. The molecule has 0 spiro atoms. The number of piperazine rings is 1. The summed E-state index contributed by atoms with van der Waals surface area (Å²) in [6.45, 7) is 14.3. The van der Waals surface area contributed by atoms with Crippen LogP contribution in [0.15, 0.2) is 0 Å². The quantitative estimate of drug-likeness (QED) is 0.875. The van der Waals surface area contributed by atoms with Crippen LogP contribution in [0.1, 0.15) is 37.8 Å². The van der Waals surface area contributed by atoms with Crippen molar-refractivity contribution in [3.05, 3.63) is 10.6 Å². The first kappa shape index (κ1) is 16.7. The summed E-state index contributed by atoms with van der Waals surface area (Å²) in [6.07, 6.45) is 1.21. The van der Waals surface area contributed by atoms with Crippen LogP contribution < -0.4 is 10.2 Å². The van der Waals surface area contributed by atoms with Gasteiger partial charge in [0.2, 0.25) is 0 Å². The highest BCUT2D eigenvalue weighted by Gasteiger charge is 2.25. The molecule has 2 rings (SSSR count). The predicted octanol–water partition coefficient (Wildman–Crippen LogP) is 2.73. The standard InChI is InChI=1S/C16H30N4S/c1-6-14-11-20(8-7-19(14)5)16-18-13(4)15(21-16)10-17-9-12(2)3/h12,14,17H,6-11H2,1-5H3. The summed E-state index contributed by atoms with van der Waals surface area (Å²) in [6, 6.07) is 0.658. The van der Waals surface area contributed by atoms with E-state index in [1.54, 1.807) is 0 Å². The van der Waals surface area contributed by atoms with Crippen LogP contribution in [-0.2, 0) is 6.54 Å². The number of hydrogen-bond donors (Lipinski definition) is 1. The van der Waals surface area contributed by atoms with Crippen molar-refractivity contribution in [1.29, 1.82) is 0 Å². The van der Waals surface area contributed by atoms with Gasteiger partial charge in [-0.2, -0.15) is 0 Å². The van der Waals surface area contributed by atoms with Gasteiger partial charge in [0.15, 0.2) is 5.13 Å². The molecule has 1 N–H and O–H groups in total. The first-order valence-electron chi connectivity index (χ1n) is 8.13. The van der Waals surface area contributed by atoms with Crippen LogP contribution in [0.2, 0.25) is 0 Å². The van der Waals surface area contributed by atoms with Crippen LogP contribution in [0.25, 0.3) is 0 Å². The van der Waals surface area contributed by atoms with Gasteiger partial charge in [0.1, 0.15) is 0 Å². The van der Waals surface area contributed by atoms with Gasteiger partial charge in [0, 0.05) is 37.1 Å². The Morgan fingerprint density at radius 2 is 2.14 bits per heavy atom. The maximum Gasteiger partial charge on any atom is 0.185 e. The highest BCUT2D eigenvalue weighted by atomic mass is 32.1. The fourth-order valence-corrected chi connectivity index (χ4v) is 3.81. The van der Waals surface area contributed by atoms with E-state index in [9.17, 15) is 0 Å². The minimum atomic E-state index is 0.658. The largest absolute Gasteiger partial charge is 0.345 e. The molecule has 1 aliphatic heterocycles. The maximum atomic E-state index is 4.81. The fourth-order valence-electron chi connectivity index (χ4n) is 2.75. The Balaban J connectivity index is 1.97. The molecule has 2 heterocycles. The molecule has 1 aromatic rings. The topological polar surface area (TPSA) is 31.4 Å². The zero-order valence-corrected chi connectivity index (χ0v) is 15.0. The van der Waals surface area contributed by atoms with Gasteiger partial charge in [0.05, 0.1) is 5.69 Å². The van der Waals surface area contributed by atoms with Gasteiger partial charge in [-0.15, -0.1) is 11.3 Å². The van der Waals surface area contributed by atoms with Crippen molar-refractivity contribution in [2.45, 2.75) is 46.7 Å². The summed E-state index contributed by atoms with van der Waals surface area (Å²) in [5.41, 5.74) is 1.19. The number of likely N-dealkylation sites (N-methyl/N-ethyl adjacent to an activating group) is 1. The van der Waals surface area contributed by atoms with Gasteiger partial charge < -0.3 is 10.2 Å². The average molecular weight is 311 g/mol. The van der Waals surface area contributed by atoms with E-state index in [4.69, 9.17) is 4.98 Å². The number of thiazole rings is 1. The SMILES string of the molecule is CCC1CN(c2nc(C)c(CNCC(C)C)s2)CCN1C. The van der Waals surface area contributed by atoms with Crippen LogP contribution in [-0.4, -0.2) is 49.2 Å². The molecule has 0 aromatic carbocycles. The van der Waals surface area contributed by atoms with Crippen molar-refractivity contribution >= 4 is 16.5 Å². The van der Waals surface area contributed by atoms with Crippen LogP contribution in [0.4, 0.5) is 5.13 Å². The van der Waals surface area contributed by atoms with Crippen molar-refractivity contribution in [1.82, 2.24) is 15.2 Å². The lowest BCUT2D eigenvalue weighted by Crippen LogP contribution is -2.51. The molecule has 1 saturated heterocycles. The Morgan fingerprint density at radius 3 is 2.81 bits per heavy atom. The van der Waals surface area contributed by atoms with Gasteiger partial charge in [-0.05, 0) is 32.9 Å². The molecule has 0 bridgehead atoms. The Morgan fingerprint density at radius 1 is 1.38 bits per heavy atom. The summed E-state index contributed by atoms with van der Waals surface area (Å²) >= 11 is 1.87. The molecule has 1 fully saturated rings. The number of aryl methyl sites for hydroxylation is 1. The van der Waals surface area contributed by atoms with Gasteiger partial charge in [-0.25, -0.2) is 4.98 Å². The number of hydrogen-bond acceptors (Lipinski definition) is 5. The molecule has 21 heavy (non-hydrogen) atoms. The molecule has 1 atom stereocenters. The zero-order valence-electron chi connectivity index (χ0n) is 14.1. The molecular formula is C16H30N4S. The first-order chi connectivity index (χ1) is 10.0. The second-order valence-corrected chi connectivity index (χ2v) is 7.58. The summed E-state index contributed by atoms with van der Waals surface area (Å²) in [5, 5.41) is 4.74. The normalized spacial score (nSPS) is 20.5. The highest BCUT2D eigenvalue weighted by Crippen LogP contribution is 2.28. The van der Waals surface area contributed by atoms with Crippen molar-refractivity contribution in [3.63, 3.8) is 0 Å². The molecule has 0 amide bonds. The third-order valence-electron chi connectivity index (χ3n) is 4.24. The van der Waals surface area contributed by atoms with E-state index in [1.807, 2.05) is 11.3 Å². The summed E-state index contributed by atoms with van der Waals surface area (Å²) in [4.78, 5) is 11.1. The van der Waals surface area contributed by atoms with Crippen LogP contribution in [0.3, 0.4) is 0 Å². The van der Waals surface area contributed by atoms with Crippen molar-refractivity contribution in [2.24, 2.45) is 5.92 Å². The monoisotopic (exact) mass is 310 g/mol. The third kappa shape index (κ3) is 4.41. The summed E-state index contributed by atoms with van der Waals surface area (Å²) < 4.78 is 0. The molecule has 0 radical (unpaired) electrons. The van der Waals surface area contributed by atoms with E-state index in [0.29, 0.717) is 12.0 Å². The molecule has 0 saturated carbocycles. The number of aromatic nitrogens is 1. The van der Waals surface area contributed by atoms with E-state index in [0.717, 1.165) is 32.7 Å². The Bertz CT molecular complexity index is 443. The van der Waals surface area contributed by atoms with Crippen LogP contribution >= 0.6 is 11.3 Å². The second kappa shape index (κ2) is 7.56. The van der Waals surface area contributed by atoms with Gasteiger partial charge in [-0.3, -0.25) is 4.90 Å². The molecule has 120 valence electrons. The number of nitrogens with zero attached hydrogens (tertiary/aromatic N) is 3. The van der Waals surface area contributed by atoms with Gasteiger partial charge in [-0.1, -0.05) is 20.8 Å². The van der Waals surface area contributed by atoms with Crippen LogP contribution in [0, 0.1) is 12.8 Å². The van der Waals surface area contributed by atoms with Gasteiger partial charge >= 0.3 is 0 Å². The Kier molecular flexibility index (Phi) is 6.02. The Hall–Kier alpha value is -0.650. The molecule has 1 aromatic heterocycles. The Labute approximate surface area is 133 Å². The van der Waals surface area contributed by atoms with Crippen LogP contribution in [0.5, 0.6) is 0 Å².